The zero-order valence-electron chi connectivity index (χ0n) is 13.9. The number of ether oxygens (including phenoxy) is 1. The van der Waals surface area contributed by atoms with Crippen LogP contribution in [-0.2, 0) is 4.74 Å². The van der Waals surface area contributed by atoms with Crippen LogP contribution >= 0.6 is 0 Å². The highest BCUT2D eigenvalue weighted by Gasteiger charge is 2.28. The van der Waals surface area contributed by atoms with E-state index in [0.29, 0.717) is 32.8 Å². The fourth-order valence-electron chi connectivity index (χ4n) is 3.26. The maximum Gasteiger partial charge on any atom is 0.409 e. The highest BCUT2D eigenvalue weighted by atomic mass is 19.1. The van der Waals surface area contributed by atoms with E-state index in [2.05, 4.69) is 19.9 Å². The Hall–Kier alpha value is -2.90. The van der Waals surface area contributed by atoms with Gasteiger partial charge in [0.15, 0.2) is 11.0 Å². The maximum atomic E-state index is 13.6. The van der Waals surface area contributed by atoms with Gasteiger partial charge in [-0.3, -0.25) is 4.90 Å². The number of nitrogens with zero attached hydrogens (tertiary/aromatic N) is 3. The van der Waals surface area contributed by atoms with Crippen molar-refractivity contribution < 1.29 is 18.9 Å². The minimum absolute atomic E-state index is 0.271. The van der Waals surface area contributed by atoms with Crippen LogP contribution in [0.25, 0.3) is 21.9 Å². The third kappa shape index (κ3) is 2.73. The van der Waals surface area contributed by atoms with Gasteiger partial charge in [-0.25, -0.2) is 14.2 Å². The highest BCUT2D eigenvalue weighted by Crippen LogP contribution is 2.28. The molecule has 0 spiro atoms. The van der Waals surface area contributed by atoms with Crippen molar-refractivity contribution in [3.05, 3.63) is 30.3 Å². The van der Waals surface area contributed by atoms with E-state index in [9.17, 15) is 9.18 Å². The molecule has 130 valence electrons. The first-order valence-electron chi connectivity index (χ1n) is 8.31. The molecule has 1 aliphatic heterocycles. The monoisotopic (exact) mass is 344 g/mol. The number of benzene rings is 1. The van der Waals surface area contributed by atoms with Gasteiger partial charge in [0.25, 0.3) is 0 Å². The average molecular weight is 344 g/mol. The third-order valence-corrected chi connectivity index (χ3v) is 4.49. The van der Waals surface area contributed by atoms with Gasteiger partial charge in [-0.2, -0.15) is 0 Å². The Morgan fingerprint density at radius 2 is 2.16 bits per heavy atom. The molecule has 1 aliphatic rings. The highest BCUT2D eigenvalue weighted by molar-refractivity contribution is 6.07. The van der Waals surface area contributed by atoms with Crippen molar-refractivity contribution in [2.24, 2.45) is 0 Å². The molecule has 2 N–H and O–H groups in total. The molecule has 3 aromatic rings. The van der Waals surface area contributed by atoms with E-state index >= 15 is 0 Å². The Kier molecular flexibility index (Phi) is 3.87. The summed E-state index contributed by atoms with van der Waals surface area (Å²) in [6, 6.07) is 4.64. The third-order valence-electron chi connectivity index (χ3n) is 4.49. The molecule has 1 fully saturated rings. The SMILES string of the molecule is CCOC(=O)N1CCN(c2[nH+]cnc3c2[nH]c2ccc(F)cc23)CC1. The molecule has 3 heterocycles. The van der Waals surface area contributed by atoms with Crippen molar-refractivity contribution in [1.82, 2.24) is 14.9 Å². The van der Waals surface area contributed by atoms with Crippen LogP contribution in [0.5, 0.6) is 0 Å². The molecule has 0 aliphatic carbocycles. The second kappa shape index (κ2) is 6.19. The van der Waals surface area contributed by atoms with Gasteiger partial charge in [0, 0.05) is 10.9 Å². The largest absolute Gasteiger partial charge is 0.450 e. The van der Waals surface area contributed by atoms with Gasteiger partial charge >= 0.3 is 6.09 Å². The summed E-state index contributed by atoms with van der Waals surface area (Å²) < 4.78 is 18.6. The minimum Gasteiger partial charge on any atom is -0.450 e. The number of hydrogen-bond acceptors (Lipinski definition) is 4. The van der Waals surface area contributed by atoms with E-state index in [0.717, 1.165) is 27.8 Å². The van der Waals surface area contributed by atoms with Crippen LogP contribution in [0.3, 0.4) is 0 Å². The molecule has 25 heavy (non-hydrogen) atoms. The number of aromatic amines is 2. The van der Waals surface area contributed by atoms with Gasteiger partial charge in [0.1, 0.15) is 5.82 Å². The average Bonchev–Trinajstić information content (AvgIpc) is 3.00. The summed E-state index contributed by atoms with van der Waals surface area (Å²) in [6.45, 7) is 4.71. The summed E-state index contributed by atoms with van der Waals surface area (Å²) in [5.41, 5.74) is 2.42. The number of piperazine rings is 1. The first kappa shape index (κ1) is 15.6. The number of halogens is 1. The number of nitrogens with one attached hydrogen (secondary N) is 2. The van der Waals surface area contributed by atoms with Crippen LogP contribution in [0.4, 0.5) is 15.0 Å². The fourth-order valence-corrected chi connectivity index (χ4v) is 3.26. The number of rotatable bonds is 2. The number of carbonyl (C=O) groups is 1. The van der Waals surface area contributed by atoms with Crippen molar-refractivity contribution in [3.8, 4) is 0 Å². The van der Waals surface area contributed by atoms with E-state index < -0.39 is 0 Å². The molecule has 0 radical (unpaired) electrons. The molecule has 2 aromatic heterocycles. The lowest BCUT2D eigenvalue weighted by molar-refractivity contribution is -0.367. The molecule has 1 amide bonds. The van der Waals surface area contributed by atoms with E-state index in [1.54, 1.807) is 24.2 Å². The fraction of sp³-hybridized carbons (Fsp3) is 0.353. The van der Waals surface area contributed by atoms with Crippen molar-refractivity contribution in [2.45, 2.75) is 6.92 Å². The first-order valence-corrected chi connectivity index (χ1v) is 8.31. The number of amides is 1. The summed E-state index contributed by atoms with van der Waals surface area (Å²) in [7, 11) is 0. The molecule has 0 saturated carbocycles. The molecular weight excluding hydrogens is 325 g/mol. The second-order valence-electron chi connectivity index (χ2n) is 5.96. The van der Waals surface area contributed by atoms with Crippen LogP contribution < -0.4 is 9.88 Å². The van der Waals surface area contributed by atoms with Crippen molar-refractivity contribution >= 4 is 33.8 Å². The second-order valence-corrected chi connectivity index (χ2v) is 5.96. The summed E-state index contributed by atoms with van der Waals surface area (Å²) in [5.74, 6) is 0.609. The smallest absolute Gasteiger partial charge is 0.409 e. The van der Waals surface area contributed by atoms with Crippen LogP contribution in [-0.4, -0.2) is 53.7 Å². The van der Waals surface area contributed by atoms with E-state index in [4.69, 9.17) is 4.74 Å². The Balaban J connectivity index is 1.64. The summed E-state index contributed by atoms with van der Waals surface area (Å²) in [4.78, 5) is 26.6. The number of hydrogen-bond donors (Lipinski definition) is 1. The Morgan fingerprint density at radius 3 is 2.92 bits per heavy atom. The van der Waals surface area contributed by atoms with E-state index in [1.165, 1.54) is 12.1 Å². The Labute approximate surface area is 143 Å². The zero-order valence-corrected chi connectivity index (χ0v) is 13.9. The molecule has 4 rings (SSSR count). The molecular formula is C17H19FN5O2+. The zero-order chi connectivity index (χ0) is 17.4. The first-order chi connectivity index (χ1) is 12.2. The van der Waals surface area contributed by atoms with Gasteiger partial charge in [0.2, 0.25) is 12.1 Å². The van der Waals surface area contributed by atoms with Crippen LogP contribution in [0.2, 0.25) is 0 Å². The topological polar surface area (TPSA) is 75.6 Å². The van der Waals surface area contributed by atoms with Gasteiger partial charge in [-0.05, 0) is 25.1 Å². The lowest BCUT2D eigenvalue weighted by Gasteiger charge is -2.31. The van der Waals surface area contributed by atoms with Crippen molar-refractivity contribution in [2.75, 3.05) is 37.7 Å². The number of H-pyrrole nitrogens is 2. The summed E-state index contributed by atoms with van der Waals surface area (Å²) in [5, 5.41) is 0.760. The number of carbonyl (C=O) groups excluding carboxylic acids is 1. The minimum atomic E-state index is -0.285. The molecule has 8 heteroatoms. The predicted octanol–water partition coefficient (Wildman–Crippen LogP) is 1.95. The standard InChI is InChI=1S/C17H18FN5O2/c1-2-25-17(24)23-7-5-22(6-8-23)16-15-14(19-10-20-16)12-9-11(18)3-4-13(12)21-15/h3-4,9-10,21H,2,5-8H2,1H3/p+1. The molecule has 1 aromatic carbocycles. The number of fused-ring (bicyclic) bond motifs is 3. The molecule has 0 unspecified atom stereocenters. The summed E-state index contributed by atoms with van der Waals surface area (Å²) >= 11 is 0. The Morgan fingerprint density at radius 1 is 1.36 bits per heavy atom. The predicted molar refractivity (Wildman–Crippen MR) is 90.9 cm³/mol. The lowest BCUT2D eigenvalue weighted by Crippen LogP contribution is -2.50. The van der Waals surface area contributed by atoms with E-state index in [-0.39, 0.29) is 11.9 Å². The van der Waals surface area contributed by atoms with Crippen molar-refractivity contribution in [3.63, 3.8) is 0 Å². The summed E-state index contributed by atoms with van der Waals surface area (Å²) in [6.07, 6.45) is 1.35. The molecule has 0 atom stereocenters. The van der Waals surface area contributed by atoms with Crippen LogP contribution in [0.1, 0.15) is 6.92 Å². The number of anilines is 1. The number of aromatic nitrogens is 3. The Bertz CT molecular complexity index is 933. The van der Waals surface area contributed by atoms with Crippen LogP contribution in [0.15, 0.2) is 24.5 Å². The quantitative estimate of drug-likeness (QED) is 0.771. The normalized spacial score (nSPS) is 15.1. The lowest BCUT2D eigenvalue weighted by atomic mass is 10.2. The van der Waals surface area contributed by atoms with Gasteiger partial charge in [-0.1, -0.05) is 0 Å². The van der Waals surface area contributed by atoms with Crippen LogP contribution in [0, 0.1) is 5.82 Å². The van der Waals surface area contributed by atoms with Gasteiger partial charge < -0.3 is 14.6 Å². The van der Waals surface area contributed by atoms with Crippen molar-refractivity contribution in [1.29, 1.82) is 0 Å². The van der Waals surface area contributed by atoms with E-state index in [1.807, 2.05) is 0 Å². The van der Waals surface area contributed by atoms with Gasteiger partial charge in [-0.15, -0.1) is 4.98 Å². The van der Waals surface area contributed by atoms with Gasteiger partial charge in [0.05, 0.1) is 32.8 Å². The maximum absolute atomic E-state index is 13.6. The molecule has 0 bridgehead atoms. The molecule has 1 saturated heterocycles. The molecule has 7 nitrogen and oxygen atoms in total.